The van der Waals surface area contributed by atoms with E-state index in [1.54, 1.807) is 4.90 Å². The Morgan fingerprint density at radius 2 is 1.73 bits per heavy atom. The molecule has 0 spiro atoms. The molecule has 0 aromatic heterocycles. The quantitative estimate of drug-likeness (QED) is 0.565. The number of amides is 1. The average Bonchev–Trinajstić information content (AvgIpc) is 2.87. The molecule has 0 saturated carbocycles. The number of thiocarbonyl (C=S) groups is 1. The maximum atomic E-state index is 12.9. The predicted molar refractivity (Wildman–Crippen MR) is 109 cm³/mol. The molecule has 2 aromatic carbocycles. The predicted octanol–water partition coefficient (Wildman–Crippen LogP) is 4.48. The molecule has 1 fully saturated rings. The second-order valence-corrected chi connectivity index (χ2v) is 7.94. The molecule has 2 aliphatic heterocycles. The van der Waals surface area contributed by atoms with Crippen LogP contribution in [0.4, 0.5) is 5.69 Å². The van der Waals surface area contributed by atoms with E-state index >= 15 is 0 Å². The lowest BCUT2D eigenvalue weighted by atomic mass is 10.1. The van der Waals surface area contributed by atoms with Crippen molar-refractivity contribution in [2.24, 2.45) is 0 Å². The van der Waals surface area contributed by atoms with Crippen molar-refractivity contribution in [3.63, 3.8) is 0 Å². The SMILES string of the molecule is Cc1cc(C)cc(N2C(=O)C(=Cc3ccc4c(c3)OCCO4)SC2=S)c1. The Hall–Kier alpha value is -2.31. The summed E-state index contributed by atoms with van der Waals surface area (Å²) in [6, 6.07) is 11.7. The van der Waals surface area contributed by atoms with E-state index in [2.05, 4.69) is 6.07 Å². The molecule has 0 N–H and O–H groups in total. The van der Waals surface area contributed by atoms with Crippen molar-refractivity contribution < 1.29 is 14.3 Å². The second-order valence-electron chi connectivity index (χ2n) is 6.27. The van der Waals surface area contributed by atoms with Gasteiger partial charge < -0.3 is 9.47 Å². The van der Waals surface area contributed by atoms with Crippen LogP contribution in [0.25, 0.3) is 6.08 Å². The molecule has 0 radical (unpaired) electrons. The van der Waals surface area contributed by atoms with Gasteiger partial charge in [-0.3, -0.25) is 9.69 Å². The van der Waals surface area contributed by atoms with Crippen molar-refractivity contribution >= 4 is 46.0 Å². The van der Waals surface area contributed by atoms with Crippen LogP contribution < -0.4 is 14.4 Å². The Balaban J connectivity index is 1.65. The average molecular weight is 383 g/mol. The number of fused-ring (bicyclic) bond motifs is 1. The fourth-order valence-electron chi connectivity index (χ4n) is 3.07. The van der Waals surface area contributed by atoms with E-state index < -0.39 is 0 Å². The first-order valence-corrected chi connectivity index (χ1v) is 9.50. The minimum absolute atomic E-state index is 0.0973. The van der Waals surface area contributed by atoms with Crippen molar-refractivity contribution in [3.05, 3.63) is 58.0 Å². The molecule has 0 atom stereocenters. The number of thioether (sulfide) groups is 1. The summed E-state index contributed by atoms with van der Waals surface area (Å²) in [6.07, 6.45) is 1.85. The Kier molecular flexibility index (Phi) is 4.46. The molecule has 0 bridgehead atoms. The third-order valence-corrected chi connectivity index (χ3v) is 5.42. The number of carbonyl (C=O) groups is 1. The van der Waals surface area contributed by atoms with Gasteiger partial charge in [-0.2, -0.15) is 0 Å². The Bertz CT molecular complexity index is 932. The van der Waals surface area contributed by atoms with Gasteiger partial charge in [0.25, 0.3) is 5.91 Å². The topological polar surface area (TPSA) is 38.8 Å². The second kappa shape index (κ2) is 6.78. The summed E-state index contributed by atoms with van der Waals surface area (Å²) in [5.41, 5.74) is 3.90. The highest BCUT2D eigenvalue weighted by Gasteiger charge is 2.33. The van der Waals surface area contributed by atoms with Crippen LogP contribution in [0.15, 0.2) is 41.3 Å². The molecule has 4 nitrogen and oxygen atoms in total. The Labute approximate surface area is 161 Å². The lowest BCUT2D eigenvalue weighted by Gasteiger charge is -2.18. The molecule has 132 valence electrons. The Morgan fingerprint density at radius 1 is 1.04 bits per heavy atom. The number of hydrogen-bond donors (Lipinski definition) is 0. The molecule has 26 heavy (non-hydrogen) atoms. The van der Waals surface area contributed by atoms with E-state index in [9.17, 15) is 4.79 Å². The zero-order valence-electron chi connectivity index (χ0n) is 14.4. The summed E-state index contributed by atoms with van der Waals surface area (Å²) in [4.78, 5) is 15.1. The van der Waals surface area contributed by atoms with Crippen LogP contribution in [0, 0.1) is 13.8 Å². The van der Waals surface area contributed by atoms with E-state index in [1.807, 2.05) is 50.3 Å². The first-order chi connectivity index (χ1) is 12.5. The number of aryl methyl sites for hydroxylation is 2. The molecule has 1 saturated heterocycles. The number of benzene rings is 2. The smallest absolute Gasteiger partial charge is 0.270 e. The van der Waals surface area contributed by atoms with Crippen molar-refractivity contribution in [1.29, 1.82) is 0 Å². The fourth-order valence-corrected chi connectivity index (χ4v) is 4.37. The van der Waals surface area contributed by atoms with E-state index in [0.717, 1.165) is 28.1 Å². The normalized spacial score (nSPS) is 17.9. The summed E-state index contributed by atoms with van der Waals surface area (Å²) < 4.78 is 11.7. The van der Waals surface area contributed by atoms with Crippen LogP contribution in [-0.4, -0.2) is 23.4 Å². The number of ether oxygens (including phenoxy) is 2. The van der Waals surface area contributed by atoms with Gasteiger partial charge in [0, 0.05) is 0 Å². The molecule has 0 unspecified atom stereocenters. The number of nitrogens with zero attached hydrogens (tertiary/aromatic N) is 1. The first-order valence-electron chi connectivity index (χ1n) is 8.27. The monoisotopic (exact) mass is 383 g/mol. The summed E-state index contributed by atoms with van der Waals surface area (Å²) in [7, 11) is 0. The number of hydrogen-bond acceptors (Lipinski definition) is 5. The highest BCUT2D eigenvalue weighted by molar-refractivity contribution is 8.27. The van der Waals surface area contributed by atoms with Gasteiger partial charge in [-0.05, 0) is 60.9 Å². The maximum absolute atomic E-state index is 12.9. The minimum Gasteiger partial charge on any atom is -0.486 e. The van der Waals surface area contributed by atoms with Crippen LogP contribution in [-0.2, 0) is 4.79 Å². The van der Waals surface area contributed by atoms with Crippen LogP contribution in [0.1, 0.15) is 16.7 Å². The molecular weight excluding hydrogens is 366 g/mol. The third kappa shape index (κ3) is 3.22. The molecule has 6 heteroatoms. The summed E-state index contributed by atoms with van der Waals surface area (Å²) in [6.45, 7) is 5.12. The summed E-state index contributed by atoms with van der Waals surface area (Å²) in [5, 5.41) is 0. The van der Waals surface area contributed by atoms with Gasteiger partial charge in [0.1, 0.15) is 13.2 Å². The zero-order valence-corrected chi connectivity index (χ0v) is 16.1. The van der Waals surface area contributed by atoms with Crippen LogP contribution in [0.3, 0.4) is 0 Å². The van der Waals surface area contributed by atoms with Crippen LogP contribution >= 0.6 is 24.0 Å². The van der Waals surface area contributed by atoms with Crippen molar-refractivity contribution in [2.75, 3.05) is 18.1 Å². The number of rotatable bonds is 2. The molecule has 0 aliphatic carbocycles. The summed E-state index contributed by atoms with van der Waals surface area (Å²) >= 11 is 6.78. The zero-order chi connectivity index (χ0) is 18.3. The van der Waals surface area contributed by atoms with Crippen molar-refractivity contribution in [2.45, 2.75) is 13.8 Å². The van der Waals surface area contributed by atoms with Gasteiger partial charge in [0.2, 0.25) is 0 Å². The van der Waals surface area contributed by atoms with Crippen LogP contribution in [0.5, 0.6) is 11.5 Å². The van der Waals surface area contributed by atoms with Gasteiger partial charge >= 0.3 is 0 Å². The largest absolute Gasteiger partial charge is 0.486 e. The number of carbonyl (C=O) groups excluding carboxylic acids is 1. The van der Waals surface area contributed by atoms with Crippen LogP contribution in [0.2, 0.25) is 0 Å². The fraction of sp³-hybridized carbons (Fsp3) is 0.200. The molecule has 2 heterocycles. The van der Waals surface area contributed by atoms with Gasteiger partial charge in [-0.25, -0.2) is 0 Å². The first kappa shape index (κ1) is 17.1. The van der Waals surface area contributed by atoms with Gasteiger partial charge in [0.15, 0.2) is 15.8 Å². The highest BCUT2D eigenvalue weighted by Crippen LogP contribution is 2.38. The summed E-state index contributed by atoms with van der Waals surface area (Å²) in [5.74, 6) is 1.34. The van der Waals surface area contributed by atoms with Gasteiger partial charge in [-0.15, -0.1) is 0 Å². The van der Waals surface area contributed by atoms with Crippen molar-refractivity contribution in [1.82, 2.24) is 0 Å². The third-order valence-electron chi connectivity index (χ3n) is 4.12. The van der Waals surface area contributed by atoms with E-state index in [-0.39, 0.29) is 5.91 Å². The molecule has 2 aromatic rings. The standard InChI is InChI=1S/C20H17NO3S2/c1-12-7-13(2)9-15(8-12)21-19(22)18(26-20(21)25)11-14-3-4-16-17(10-14)24-6-5-23-16/h3-4,7-11H,5-6H2,1-2H3. The molecule has 4 rings (SSSR count). The molecular formula is C20H17NO3S2. The Morgan fingerprint density at radius 3 is 2.46 bits per heavy atom. The van der Waals surface area contributed by atoms with Gasteiger partial charge in [0.05, 0.1) is 10.6 Å². The maximum Gasteiger partial charge on any atom is 0.270 e. The highest BCUT2D eigenvalue weighted by atomic mass is 32.2. The molecule has 2 aliphatic rings. The van der Waals surface area contributed by atoms with Gasteiger partial charge in [-0.1, -0.05) is 36.1 Å². The van der Waals surface area contributed by atoms with E-state index in [1.165, 1.54) is 11.8 Å². The van der Waals surface area contributed by atoms with Crippen molar-refractivity contribution in [3.8, 4) is 11.5 Å². The molecule has 1 amide bonds. The lowest BCUT2D eigenvalue weighted by molar-refractivity contribution is -0.113. The number of anilines is 1. The minimum atomic E-state index is -0.0973. The van der Waals surface area contributed by atoms with E-state index in [4.69, 9.17) is 21.7 Å². The van der Waals surface area contributed by atoms with E-state index in [0.29, 0.717) is 28.2 Å². The lowest BCUT2D eigenvalue weighted by Crippen LogP contribution is -2.27.